The predicted octanol–water partition coefficient (Wildman–Crippen LogP) is 2.15. The quantitative estimate of drug-likeness (QED) is 0.401. The summed E-state index contributed by atoms with van der Waals surface area (Å²) in [7, 11) is 0. The molecule has 4 nitrogen and oxygen atoms in total. The number of amides is 2. The third kappa shape index (κ3) is 3.25. The van der Waals surface area contributed by atoms with E-state index in [-0.39, 0.29) is 29.1 Å². The topological polar surface area (TPSA) is 49.4 Å². The van der Waals surface area contributed by atoms with E-state index in [2.05, 4.69) is 11.9 Å². The van der Waals surface area contributed by atoms with Gasteiger partial charge in [0.15, 0.2) is 5.11 Å². The van der Waals surface area contributed by atoms with Crippen LogP contribution in [0.3, 0.4) is 0 Å². The number of carbonyl (C=O) groups excluding carboxylic acids is 2. The maximum absolute atomic E-state index is 12.4. The third-order valence-corrected chi connectivity index (χ3v) is 3.56. The minimum atomic E-state index is -0.451. The summed E-state index contributed by atoms with van der Waals surface area (Å²) in [5, 5.41) is 2.65. The third-order valence-electron chi connectivity index (χ3n) is 3.24. The Labute approximate surface area is 129 Å². The Kier molecular flexibility index (Phi) is 4.65. The van der Waals surface area contributed by atoms with Crippen LogP contribution in [-0.4, -0.2) is 28.4 Å². The number of nitrogens with zero attached hydrogens (tertiary/aromatic N) is 1. The first-order chi connectivity index (χ1) is 10.0. The summed E-state index contributed by atoms with van der Waals surface area (Å²) in [5.41, 5.74) is 1.15. The highest BCUT2D eigenvalue weighted by Gasteiger charge is 2.32. The normalized spacial score (nSPS) is 18.6. The summed E-state index contributed by atoms with van der Waals surface area (Å²) in [4.78, 5) is 25.7. The molecule has 0 bridgehead atoms. The van der Waals surface area contributed by atoms with Crippen LogP contribution in [0.4, 0.5) is 0 Å². The predicted molar refractivity (Wildman–Crippen MR) is 85.6 cm³/mol. The first kappa shape index (κ1) is 15.1. The molecule has 0 radical (unpaired) electrons. The van der Waals surface area contributed by atoms with Crippen molar-refractivity contribution in [3.63, 3.8) is 0 Å². The second-order valence-electron chi connectivity index (χ2n) is 4.74. The molecule has 1 aromatic rings. The molecule has 2 rings (SSSR count). The number of allylic oxidation sites excluding steroid dienone is 1. The van der Waals surface area contributed by atoms with Crippen molar-refractivity contribution >= 4 is 29.1 Å². The van der Waals surface area contributed by atoms with E-state index in [0.29, 0.717) is 0 Å². The number of nitrogens with one attached hydrogen (secondary N) is 1. The molecule has 1 fully saturated rings. The number of benzene rings is 1. The van der Waals surface area contributed by atoms with Crippen molar-refractivity contribution in [2.45, 2.75) is 12.8 Å². The molecule has 1 saturated heterocycles. The van der Waals surface area contributed by atoms with Gasteiger partial charge in [0, 0.05) is 12.5 Å². The van der Waals surface area contributed by atoms with Crippen molar-refractivity contribution in [3.05, 3.63) is 60.2 Å². The van der Waals surface area contributed by atoms with Gasteiger partial charge in [-0.2, -0.15) is 0 Å². The van der Waals surface area contributed by atoms with E-state index in [1.165, 1.54) is 4.90 Å². The maximum Gasteiger partial charge on any atom is 0.265 e. The molecule has 1 unspecified atom stereocenters. The fourth-order valence-electron chi connectivity index (χ4n) is 2.11. The molecule has 1 N–H and O–H groups in total. The van der Waals surface area contributed by atoms with Crippen LogP contribution in [0.5, 0.6) is 0 Å². The lowest BCUT2D eigenvalue weighted by molar-refractivity contribution is -0.128. The second kappa shape index (κ2) is 6.45. The molecule has 108 valence electrons. The fourth-order valence-corrected chi connectivity index (χ4v) is 2.36. The van der Waals surface area contributed by atoms with Crippen LogP contribution in [0.1, 0.15) is 18.4 Å². The van der Waals surface area contributed by atoms with E-state index in [9.17, 15) is 9.59 Å². The average molecular weight is 300 g/mol. The van der Waals surface area contributed by atoms with Crippen molar-refractivity contribution in [2.75, 3.05) is 6.54 Å². The van der Waals surface area contributed by atoms with Crippen LogP contribution in [0, 0.1) is 0 Å². The molecule has 1 aliphatic rings. The van der Waals surface area contributed by atoms with Gasteiger partial charge in [0.25, 0.3) is 11.8 Å². The SMILES string of the molecule is C=CCN1C(=O)/C(=C/C(C)c2ccccc2)C(=O)NC1=S. The summed E-state index contributed by atoms with van der Waals surface area (Å²) >= 11 is 5.00. The van der Waals surface area contributed by atoms with Gasteiger partial charge in [0.1, 0.15) is 5.57 Å². The molecule has 0 aromatic heterocycles. The number of hydrogen-bond acceptors (Lipinski definition) is 3. The van der Waals surface area contributed by atoms with Crippen LogP contribution < -0.4 is 5.32 Å². The highest BCUT2D eigenvalue weighted by Crippen LogP contribution is 2.20. The Bertz CT molecular complexity index is 622. The molecule has 0 spiro atoms. The second-order valence-corrected chi connectivity index (χ2v) is 5.13. The van der Waals surface area contributed by atoms with Crippen LogP contribution in [0.25, 0.3) is 0 Å². The molecule has 21 heavy (non-hydrogen) atoms. The van der Waals surface area contributed by atoms with E-state index in [1.54, 1.807) is 12.2 Å². The molecular weight excluding hydrogens is 284 g/mol. The van der Waals surface area contributed by atoms with Crippen molar-refractivity contribution in [2.24, 2.45) is 0 Å². The van der Waals surface area contributed by atoms with Gasteiger partial charge in [-0.3, -0.25) is 19.8 Å². The van der Waals surface area contributed by atoms with Gasteiger partial charge < -0.3 is 0 Å². The van der Waals surface area contributed by atoms with Gasteiger partial charge in [0.05, 0.1) is 0 Å². The van der Waals surface area contributed by atoms with Gasteiger partial charge >= 0.3 is 0 Å². The smallest absolute Gasteiger partial charge is 0.265 e. The molecule has 0 saturated carbocycles. The van der Waals surface area contributed by atoms with Crippen LogP contribution in [0.15, 0.2) is 54.6 Å². The first-order valence-corrected chi connectivity index (χ1v) is 7.00. The lowest BCUT2D eigenvalue weighted by Gasteiger charge is -2.28. The molecule has 1 aliphatic heterocycles. The zero-order valence-corrected chi connectivity index (χ0v) is 12.5. The van der Waals surface area contributed by atoms with Crippen LogP contribution >= 0.6 is 12.2 Å². The highest BCUT2D eigenvalue weighted by atomic mass is 32.1. The van der Waals surface area contributed by atoms with E-state index in [0.717, 1.165) is 5.56 Å². The van der Waals surface area contributed by atoms with Gasteiger partial charge in [-0.1, -0.05) is 49.4 Å². The van der Waals surface area contributed by atoms with E-state index in [1.807, 2.05) is 37.3 Å². The number of carbonyl (C=O) groups is 2. The average Bonchev–Trinajstić information content (AvgIpc) is 2.48. The summed E-state index contributed by atoms with van der Waals surface area (Å²) < 4.78 is 0. The highest BCUT2D eigenvalue weighted by molar-refractivity contribution is 7.80. The van der Waals surface area contributed by atoms with Crippen molar-refractivity contribution in [3.8, 4) is 0 Å². The lowest BCUT2D eigenvalue weighted by atomic mass is 9.97. The standard InChI is InChI=1S/C16H16N2O2S/c1-3-9-18-15(20)13(14(19)17-16(18)21)10-11(2)12-7-5-4-6-8-12/h3-8,10-11H,1,9H2,2H3,(H,17,19,21)/b13-10+. The van der Waals surface area contributed by atoms with Gasteiger partial charge in [0.2, 0.25) is 0 Å². The minimum absolute atomic E-state index is 0.0480. The summed E-state index contributed by atoms with van der Waals surface area (Å²) in [6, 6.07) is 9.68. The lowest BCUT2D eigenvalue weighted by Crippen LogP contribution is -2.54. The van der Waals surface area contributed by atoms with Crippen LogP contribution in [-0.2, 0) is 9.59 Å². The largest absolute Gasteiger partial charge is 0.298 e. The number of hydrogen-bond donors (Lipinski definition) is 1. The Hall–Kier alpha value is -2.27. The Morgan fingerprint density at radius 3 is 2.62 bits per heavy atom. The molecule has 5 heteroatoms. The molecule has 2 amide bonds. The molecule has 1 atom stereocenters. The zero-order chi connectivity index (χ0) is 15.4. The Balaban J connectivity index is 2.30. The van der Waals surface area contributed by atoms with Crippen LogP contribution in [0.2, 0.25) is 0 Å². The number of rotatable bonds is 4. The van der Waals surface area contributed by atoms with Gasteiger partial charge in [-0.25, -0.2) is 0 Å². The van der Waals surface area contributed by atoms with E-state index < -0.39 is 5.91 Å². The fraction of sp³-hybridized carbons (Fsp3) is 0.188. The molecular formula is C16H16N2O2S. The summed E-state index contributed by atoms with van der Waals surface area (Å²) in [6.07, 6.45) is 3.24. The minimum Gasteiger partial charge on any atom is -0.298 e. The van der Waals surface area contributed by atoms with E-state index in [4.69, 9.17) is 12.2 Å². The maximum atomic E-state index is 12.4. The molecule has 0 aliphatic carbocycles. The zero-order valence-electron chi connectivity index (χ0n) is 11.7. The molecule has 1 heterocycles. The monoisotopic (exact) mass is 300 g/mol. The van der Waals surface area contributed by atoms with Crippen molar-refractivity contribution < 1.29 is 9.59 Å². The van der Waals surface area contributed by atoms with E-state index >= 15 is 0 Å². The van der Waals surface area contributed by atoms with Gasteiger partial charge in [-0.15, -0.1) is 6.58 Å². The number of thiocarbonyl (C=S) groups is 1. The molecule has 1 aromatic carbocycles. The Morgan fingerprint density at radius 1 is 1.33 bits per heavy atom. The first-order valence-electron chi connectivity index (χ1n) is 6.59. The Morgan fingerprint density at radius 2 is 2.00 bits per heavy atom. The summed E-state index contributed by atoms with van der Waals surface area (Å²) in [5.74, 6) is -0.882. The summed E-state index contributed by atoms with van der Waals surface area (Å²) in [6.45, 7) is 5.80. The van der Waals surface area contributed by atoms with Crippen molar-refractivity contribution in [1.82, 2.24) is 10.2 Å². The van der Waals surface area contributed by atoms with Gasteiger partial charge in [-0.05, 0) is 17.8 Å². The van der Waals surface area contributed by atoms with Crippen molar-refractivity contribution in [1.29, 1.82) is 0 Å².